The molecule has 0 spiro atoms. The van der Waals surface area contributed by atoms with Gasteiger partial charge in [0.05, 0.1) is 0 Å². The van der Waals surface area contributed by atoms with E-state index in [1.165, 1.54) is 66.7 Å². The molecule has 53 heavy (non-hydrogen) atoms. The Morgan fingerprint density at radius 3 is 1.43 bits per heavy atom. The maximum Gasteiger partial charge on any atom is 2.00 e. The third-order valence-electron chi connectivity index (χ3n) is 10.2. The molecule has 5 aromatic rings. The fourth-order valence-corrected chi connectivity index (χ4v) is 14.6. The van der Waals surface area contributed by atoms with Gasteiger partial charge in [-0.3, -0.25) is 0 Å². The molecule has 2 N–H and O–H groups in total. The molecule has 5 aromatic carbocycles. The van der Waals surface area contributed by atoms with Crippen LogP contribution in [0.25, 0.3) is 0 Å². The molecule has 6 heteroatoms. The van der Waals surface area contributed by atoms with Crippen molar-refractivity contribution in [3.05, 3.63) is 166 Å². The van der Waals surface area contributed by atoms with Crippen molar-refractivity contribution in [3.63, 3.8) is 0 Å². The number of hydrogen-bond acceptors (Lipinski definition) is 1. The topological polar surface area (TPSA) is 24.1 Å². The molecule has 0 bridgehead atoms. The minimum Gasteiger partial charge on any atom is -0.360 e. The Morgan fingerprint density at radius 2 is 1.00 bits per heavy atom. The van der Waals surface area contributed by atoms with E-state index in [2.05, 4.69) is 171 Å². The van der Waals surface area contributed by atoms with E-state index in [0.717, 1.165) is 16.5 Å². The first-order valence-electron chi connectivity index (χ1n) is 18.4. The number of anilines is 1. The van der Waals surface area contributed by atoms with Crippen molar-refractivity contribution in [1.29, 1.82) is 0 Å². The Hall–Kier alpha value is -2.83. The Morgan fingerprint density at radius 1 is 0.585 bits per heavy atom. The minimum atomic E-state index is -0.409. The predicted octanol–water partition coefficient (Wildman–Crippen LogP) is 11.2. The monoisotopic (exact) mass is 800 g/mol. The van der Waals surface area contributed by atoms with Crippen LogP contribution in [-0.4, -0.2) is 22.5 Å². The summed E-state index contributed by atoms with van der Waals surface area (Å²) >= 11 is 5.71. The summed E-state index contributed by atoms with van der Waals surface area (Å²) in [4.78, 5) is 0. The van der Waals surface area contributed by atoms with Crippen molar-refractivity contribution in [2.45, 2.75) is 83.1 Å². The molecular formula is C47H58FeN2P2S. The predicted molar refractivity (Wildman–Crippen MR) is 239 cm³/mol. The number of benzene rings is 5. The Kier molecular flexibility index (Phi) is 18.9. The molecule has 280 valence electrons. The second-order valence-electron chi connectivity index (χ2n) is 13.9. The molecule has 2 fully saturated rings. The van der Waals surface area contributed by atoms with Gasteiger partial charge in [0, 0.05) is 11.7 Å². The number of thiocarbonyl (C=S) groups is 1. The number of nitrogens with one attached hydrogen (secondary N) is 2. The van der Waals surface area contributed by atoms with Crippen LogP contribution in [0.15, 0.2) is 140 Å². The van der Waals surface area contributed by atoms with Crippen molar-refractivity contribution in [3.8, 4) is 0 Å². The van der Waals surface area contributed by atoms with Gasteiger partial charge in [0.1, 0.15) is 0 Å². The number of aryl methyl sites for hydroxylation is 2. The first-order chi connectivity index (χ1) is 24.5. The van der Waals surface area contributed by atoms with E-state index in [9.17, 15) is 0 Å². The fraction of sp³-hybridized carbons (Fsp3) is 0.298. The molecule has 0 heterocycles. The first-order valence-corrected chi connectivity index (χ1v) is 21.6. The van der Waals surface area contributed by atoms with Crippen LogP contribution >= 0.6 is 28.1 Å². The van der Waals surface area contributed by atoms with Crippen LogP contribution in [0.3, 0.4) is 0 Å². The summed E-state index contributed by atoms with van der Waals surface area (Å²) in [5.74, 6) is 0.598. The van der Waals surface area contributed by atoms with Gasteiger partial charge in [0.25, 0.3) is 0 Å². The zero-order chi connectivity index (χ0) is 34.7. The van der Waals surface area contributed by atoms with E-state index >= 15 is 0 Å². The van der Waals surface area contributed by atoms with Gasteiger partial charge in [-0.25, -0.2) is 0 Å². The normalized spacial score (nSPS) is 17.0. The second-order valence-corrected chi connectivity index (χ2v) is 19.3. The van der Waals surface area contributed by atoms with E-state index in [1.807, 2.05) is 0 Å². The SMILES string of the molecule is Cc1cc(C)cc(NC(=S)N[C@H](C)C2CCCC2P(c2ccccc2)c2ccccc2)c1.[CH3-].[CH3-].[Fe+2].c1ccc(P(c2ccccc2)C2CCCC2)cc1. The molecule has 2 unspecified atom stereocenters. The summed E-state index contributed by atoms with van der Waals surface area (Å²) in [6, 6.07) is 51.3. The minimum absolute atomic E-state index is 0. The molecule has 7 rings (SSSR count). The molecule has 0 radical (unpaired) electrons. The Labute approximate surface area is 340 Å². The Bertz CT molecular complexity index is 1670. The maximum atomic E-state index is 5.71. The van der Waals surface area contributed by atoms with Gasteiger partial charge in [-0.15, -0.1) is 0 Å². The van der Waals surface area contributed by atoms with Crippen molar-refractivity contribution in [2.24, 2.45) is 5.92 Å². The molecule has 0 saturated heterocycles. The molecule has 0 aliphatic heterocycles. The van der Waals surface area contributed by atoms with Crippen molar-refractivity contribution in [2.75, 3.05) is 5.32 Å². The summed E-state index contributed by atoms with van der Waals surface area (Å²) in [5.41, 5.74) is 5.10. The third-order valence-corrected chi connectivity index (χ3v) is 16.4. The van der Waals surface area contributed by atoms with Gasteiger partial charge in [0.2, 0.25) is 0 Å². The maximum absolute atomic E-state index is 5.71. The van der Waals surface area contributed by atoms with Gasteiger partial charge in [-0.1, -0.05) is 147 Å². The van der Waals surface area contributed by atoms with Gasteiger partial charge in [-0.2, -0.15) is 0 Å². The number of rotatable bonds is 9. The molecule has 3 atom stereocenters. The largest absolute Gasteiger partial charge is 2.00 e. The summed E-state index contributed by atoms with van der Waals surface area (Å²) in [6.07, 6.45) is 9.49. The van der Waals surface area contributed by atoms with E-state index in [4.69, 9.17) is 12.2 Å². The van der Waals surface area contributed by atoms with E-state index in [1.54, 1.807) is 10.6 Å². The van der Waals surface area contributed by atoms with Crippen LogP contribution < -0.4 is 31.9 Å². The fourth-order valence-electron chi connectivity index (χ4n) is 8.02. The van der Waals surface area contributed by atoms with E-state index < -0.39 is 7.92 Å². The third kappa shape index (κ3) is 12.3. The van der Waals surface area contributed by atoms with Crippen LogP contribution in [0.2, 0.25) is 0 Å². The molecular weight excluding hydrogens is 742 g/mol. The average Bonchev–Trinajstić information content (AvgIpc) is 3.84. The Balaban J connectivity index is 0.000000308. The van der Waals surface area contributed by atoms with Gasteiger partial charge in [-0.05, 0) is 136 Å². The van der Waals surface area contributed by atoms with Gasteiger partial charge in [0.15, 0.2) is 5.11 Å². The van der Waals surface area contributed by atoms with Crippen molar-refractivity contribution in [1.82, 2.24) is 5.32 Å². The van der Waals surface area contributed by atoms with E-state index in [-0.39, 0.29) is 39.8 Å². The zero-order valence-electron chi connectivity index (χ0n) is 32.2. The average molecular weight is 801 g/mol. The second kappa shape index (κ2) is 22.5. The van der Waals surface area contributed by atoms with Crippen molar-refractivity contribution >= 4 is 60.1 Å². The van der Waals surface area contributed by atoms with Crippen LogP contribution in [0.5, 0.6) is 0 Å². The van der Waals surface area contributed by atoms with Crippen LogP contribution in [-0.2, 0) is 17.1 Å². The quantitative estimate of drug-likeness (QED) is 0.0672. The van der Waals surface area contributed by atoms with Gasteiger partial charge < -0.3 is 25.5 Å². The molecule has 0 amide bonds. The molecule has 0 aromatic heterocycles. The molecule has 2 saturated carbocycles. The summed E-state index contributed by atoms with van der Waals surface area (Å²) < 4.78 is 0. The first kappa shape index (κ1) is 44.6. The van der Waals surface area contributed by atoms with Crippen LogP contribution in [0.1, 0.15) is 63.0 Å². The zero-order valence-corrected chi connectivity index (χ0v) is 35.9. The summed E-state index contributed by atoms with van der Waals surface area (Å²) in [5, 5.41) is 13.8. The standard InChI is InChI=1S/C28H33N2PS.C17H19P.2CH3.Fe/c1-20-17-21(2)19-23(18-20)30-28(32)29-22(3)26-15-10-16-27(26)31(24-11-6-4-7-12-24)25-13-8-5-9-14-25;1-3-9-15(10-4-1)18(17-13-7-8-14-17)16-11-5-2-6-12-16;;;/h4-9,11-14,17-19,22,26-27H,10,15-16H2,1-3H3,(H2,29,30,32);1-6,9-12,17H,7-8,13-14H2;2*1H3;/q;;2*-1;+2/t22-,26?,27?;;;;/m1..../s1. The summed E-state index contributed by atoms with van der Waals surface area (Å²) in [7, 11) is -0.561. The molecule has 2 aliphatic rings. The molecule has 2 aliphatic carbocycles. The summed E-state index contributed by atoms with van der Waals surface area (Å²) in [6.45, 7) is 6.55. The van der Waals surface area contributed by atoms with Gasteiger partial charge >= 0.3 is 17.1 Å². The van der Waals surface area contributed by atoms with Crippen LogP contribution in [0.4, 0.5) is 5.69 Å². The smallest absolute Gasteiger partial charge is 0.360 e. The van der Waals surface area contributed by atoms with Crippen LogP contribution in [0, 0.1) is 34.6 Å². The number of hydrogen-bond donors (Lipinski definition) is 2. The van der Waals surface area contributed by atoms with E-state index in [0.29, 0.717) is 17.6 Å². The van der Waals surface area contributed by atoms with Crippen molar-refractivity contribution < 1.29 is 17.1 Å². The molecule has 2 nitrogen and oxygen atoms in total.